The molecule has 0 rings (SSSR count). The van der Waals surface area contributed by atoms with Gasteiger partial charge in [-0.2, -0.15) is 0 Å². The van der Waals surface area contributed by atoms with Crippen LogP contribution in [-0.2, 0) is 32.7 Å². The number of phosphoric acid groups is 1. The first-order valence-corrected chi connectivity index (χ1v) is 32.0. The minimum absolute atomic E-state index is 0.0515. The van der Waals surface area contributed by atoms with E-state index in [4.69, 9.17) is 18.5 Å². The highest BCUT2D eigenvalue weighted by Gasteiger charge is 2.21. The van der Waals surface area contributed by atoms with Gasteiger partial charge in [-0.3, -0.25) is 14.2 Å². The Balaban J connectivity index is 4.32. The van der Waals surface area contributed by atoms with Crippen LogP contribution in [0.4, 0.5) is 0 Å². The van der Waals surface area contributed by atoms with E-state index in [0.717, 1.165) is 154 Å². The second kappa shape index (κ2) is 58.8. The Kier molecular flexibility index (Phi) is 55.2. The summed E-state index contributed by atoms with van der Waals surface area (Å²) in [4.78, 5) is 37.9. The third-order valence-corrected chi connectivity index (χ3v) is 12.9. The highest BCUT2D eigenvalue weighted by Crippen LogP contribution is 2.38. The van der Waals surface area contributed by atoms with Crippen molar-refractivity contribution in [3.63, 3.8) is 0 Å². The molecule has 10 heteroatoms. The normalized spacial score (nSPS) is 14.5. The summed E-state index contributed by atoms with van der Waals surface area (Å²) in [6, 6.07) is 0. The molecule has 0 aromatic carbocycles. The first kappa shape index (κ1) is 75.1. The number of allylic oxidation sites excluding steroid dienone is 30. The van der Waals surface area contributed by atoms with E-state index in [1.807, 2.05) is 21.1 Å². The Morgan fingerprint density at radius 1 is 0.388 bits per heavy atom. The molecule has 0 aromatic rings. The number of phosphoric ester groups is 1. The number of unbranched alkanes of at least 4 members (excludes halogenated alkanes) is 9. The van der Waals surface area contributed by atoms with E-state index in [1.165, 1.54) is 0 Å². The molecule has 448 valence electrons. The molecule has 0 N–H and O–H groups in total. The minimum Gasteiger partial charge on any atom is -0.756 e. The van der Waals surface area contributed by atoms with Crippen LogP contribution in [-0.4, -0.2) is 70.0 Å². The third-order valence-electron chi connectivity index (χ3n) is 11.9. The molecule has 0 bridgehead atoms. The van der Waals surface area contributed by atoms with E-state index in [1.54, 1.807) is 0 Å². The first-order chi connectivity index (χ1) is 39.0. The Labute approximate surface area is 489 Å². The van der Waals surface area contributed by atoms with E-state index in [-0.39, 0.29) is 26.1 Å². The molecule has 0 radical (unpaired) electrons. The quantitative estimate of drug-likeness (QED) is 0.0195. The zero-order valence-electron chi connectivity index (χ0n) is 50.7. The molecule has 0 aliphatic carbocycles. The van der Waals surface area contributed by atoms with Gasteiger partial charge < -0.3 is 27.9 Å². The number of ether oxygens (including phenoxy) is 2. The molecule has 0 aliphatic rings. The van der Waals surface area contributed by atoms with Gasteiger partial charge in [-0.1, -0.05) is 228 Å². The Morgan fingerprint density at radius 2 is 0.675 bits per heavy atom. The predicted octanol–water partition coefficient (Wildman–Crippen LogP) is 19.0. The summed E-state index contributed by atoms with van der Waals surface area (Å²) in [5.41, 5.74) is 0. The van der Waals surface area contributed by atoms with Gasteiger partial charge in [-0.15, -0.1) is 0 Å². The van der Waals surface area contributed by atoms with Crippen LogP contribution in [0.25, 0.3) is 0 Å². The Hall–Kier alpha value is -4.89. The molecule has 80 heavy (non-hydrogen) atoms. The molecule has 0 spiro atoms. The van der Waals surface area contributed by atoms with Crippen molar-refractivity contribution in [1.82, 2.24) is 0 Å². The smallest absolute Gasteiger partial charge is 0.306 e. The van der Waals surface area contributed by atoms with Gasteiger partial charge in [0.25, 0.3) is 7.82 Å². The molecule has 0 saturated carbocycles. The third kappa shape index (κ3) is 62.3. The van der Waals surface area contributed by atoms with Crippen LogP contribution >= 0.6 is 7.82 Å². The molecule has 0 amide bonds. The minimum atomic E-state index is -4.67. The van der Waals surface area contributed by atoms with Gasteiger partial charge in [0, 0.05) is 12.8 Å². The highest BCUT2D eigenvalue weighted by atomic mass is 31.2. The van der Waals surface area contributed by atoms with Crippen molar-refractivity contribution in [3.05, 3.63) is 182 Å². The van der Waals surface area contributed by atoms with E-state index in [2.05, 4.69) is 196 Å². The van der Waals surface area contributed by atoms with Crippen LogP contribution in [0.15, 0.2) is 182 Å². The van der Waals surface area contributed by atoms with Gasteiger partial charge in [0.1, 0.15) is 19.8 Å². The van der Waals surface area contributed by atoms with Gasteiger partial charge in [0.15, 0.2) is 6.10 Å². The van der Waals surface area contributed by atoms with Crippen LogP contribution in [0.5, 0.6) is 0 Å². The molecule has 0 fully saturated rings. The lowest BCUT2D eigenvalue weighted by Gasteiger charge is -2.28. The van der Waals surface area contributed by atoms with Crippen LogP contribution in [0.3, 0.4) is 0 Å². The first-order valence-electron chi connectivity index (χ1n) is 30.5. The second-order valence-electron chi connectivity index (χ2n) is 20.6. The molecular weight excluding hydrogens is 1010 g/mol. The van der Waals surface area contributed by atoms with Crippen molar-refractivity contribution in [2.45, 2.75) is 200 Å². The average molecular weight is 1120 g/mol. The van der Waals surface area contributed by atoms with Crippen molar-refractivity contribution in [2.24, 2.45) is 0 Å². The zero-order valence-corrected chi connectivity index (χ0v) is 51.6. The topological polar surface area (TPSA) is 111 Å². The van der Waals surface area contributed by atoms with Crippen molar-refractivity contribution in [3.8, 4) is 0 Å². The fraction of sp³-hybridized carbons (Fsp3) is 0.543. The maximum Gasteiger partial charge on any atom is 0.306 e. The number of rotatable bonds is 53. The van der Waals surface area contributed by atoms with Gasteiger partial charge in [0.05, 0.1) is 27.7 Å². The molecule has 2 unspecified atom stereocenters. The van der Waals surface area contributed by atoms with E-state index in [0.29, 0.717) is 23.9 Å². The number of quaternary nitrogens is 1. The summed E-state index contributed by atoms with van der Waals surface area (Å²) in [6.45, 7) is 3.92. The standard InChI is InChI=1S/C70H110NO8P/c1-6-8-10-12-14-16-18-20-22-24-26-28-30-32-33-34-35-36-37-39-41-43-45-47-49-51-53-55-57-59-61-63-70(73)79-68(67-78-80(74,75)77-65-64-71(3,4)5)66-76-69(72)62-60-58-56-54-52-50-48-46-44-42-40-38-31-29-27-25-23-21-19-17-15-13-11-9-7-2/h8-11,14-17,20-23,26-29,32-33,35-36,38-41,44-47,50,52,68H,6-7,12-13,18-19,24-25,30-31,34,37,42-43,48-49,51,53-67H2,1-5H3/b10-8-,11-9-,16-14-,17-15-,22-20-,23-21-,28-26-,29-27-,33-32-,36-35-,40-38-,41-39-,46-44-,47-45-,52-50-. The van der Waals surface area contributed by atoms with Crippen LogP contribution in [0.2, 0.25) is 0 Å². The number of hydrogen-bond acceptors (Lipinski definition) is 8. The predicted molar refractivity (Wildman–Crippen MR) is 341 cm³/mol. The Bertz CT molecular complexity index is 2000. The lowest BCUT2D eigenvalue weighted by Crippen LogP contribution is -2.37. The fourth-order valence-corrected chi connectivity index (χ4v) is 8.03. The lowest BCUT2D eigenvalue weighted by molar-refractivity contribution is -0.870. The maximum atomic E-state index is 12.8. The van der Waals surface area contributed by atoms with Gasteiger partial charge in [-0.25, -0.2) is 0 Å². The molecule has 9 nitrogen and oxygen atoms in total. The van der Waals surface area contributed by atoms with Crippen LogP contribution in [0, 0.1) is 0 Å². The SMILES string of the molecule is CC/C=C\C/C=C\C/C=C\C/C=C\C/C=C\C/C=C\C/C=C\C/C=C\CCCCCCCCC(=O)OC(COC(=O)CCCCC/C=C\C/C=C\C/C=C\C/C=C\C/C=C\C/C=C\C/C=C\CC)COP(=O)([O-])OCC[N+](C)(C)C. The van der Waals surface area contributed by atoms with Gasteiger partial charge in [-0.05, 0) is 135 Å². The Morgan fingerprint density at radius 3 is 1.01 bits per heavy atom. The van der Waals surface area contributed by atoms with Crippen molar-refractivity contribution >= 4 is 19.8 Å². The van der Waals surface area contributed by atoms with Crippen molar-refractivity contribution in [2.75, 3.05) is 47.5 Å². The van der Waals surface area contributed by atoms with Crippen LogP contribution in [0.1, 0.15) is 194 Å². The summed E-state index contributed by atoms with van der Waals surface area (Å²) in [5.74, 6) is -0.907. The molecule has 0 heterocycles. The van der Waals surface area contributed by atoms with Crippen molar-refractivity contribution in [1.29, 1.82) is 0 Å². The lowest BCUT2D eigenvalue weighted by atomic mass is 10.1. The number of carbonyl (C=O) groups is 2. The number of hydrogen-bond donors (Lipinski definition) is 0. The summed E-state index contributed by atoms with van der Waals surface area (Å²) in [5, 5.41) is 0. The van der Waals surface area contributed by atoms with Crippen LogP contribution < -0.4 is 4.89 Å². The van der Waals surface area contributed by atoms with E-state index < -0.39 is 32.5 Å². The number of likely N-dealkylation sites (N-methyl/N-ethyl adjacent to an activating group) is 1. The molecule has 0 saturated heterocycles. The molecule has 2 atom stereocenters. The number of esters is 2. The number of carbonyl (C=O) groups excluding carboxylic acids is 2. The second-order valence-corrected chi connectivity index (χ2v) is 22.0. The van der Waals surface area contributed by atoms with Gasteiger partial charge >= 0.3 is 11.9 Å². The van der Waals surface area contributed by atoms with Crippen molar-refractivity contribution < 1.29 is 42.1 Å². The zero-order chi connectivity index (χ0) is 58.4. The molecular formula is C70H110NO8P. The van der Waals surface area contributed by atoms with Gasteiger partial charge in [0.2, 0.25) is 0 Å². The van der Waals surface area contributed by atoms with E-state index >= 15 is 0 Å². The fourth-order valence-electron chi connectivity index (χ4n) is 7.30. The molecule has 0 aromatic heterocycles. The highest BCUT2D eigenvalue weighted by molar-refractivity contribution is 7.45. The average Bonchev–Trinajstić information content (AvgIpc) is 3.42. The monoisotopic (exact) mass is 1120 g/mol. The number of nitrogens with zero attached hydrogens (tertiary/aromatic N) is 1. The summed E-state index contributed by atoms with van der Waals surface area (Å²) in [7, 11) is 1.10. The van der Waals surface area contributed by atoms with E-state index in [9.17, 15) is 19.0 Å². The maximum absolute atomic E-state index is 12.8. The summed E-state index contributed by atoms with van der Waals surface area (Å²) >= 11 is 0. The molecule has 0 aliphatic heterocycles. The summed E-state index contributed by atoms with van der Waals surface area (Å²) < 4.78 is 34.1. The largest absolute Gasteiger partial charge is 0.756 e. The summed E-state index contributed by atoms with van der Waals surface area (Å²) in [6.07, 6.45) is 90.8.